The van der Waals surface area contributed by atoms with Gasteiger partial charge in [-0.05, 0) is 54.1 Å². The largest absolute Gasteiger partial charge is 0.497 e. The number of thioether (sulfide) groups is 1. The third-order valence-electron chi connectivity index (χ3n) is 4.10. The number of hydrogen-bond donors (Lipinski definition) is 1. The Labute approximate surface area is 173 Å². The molecule has 0 aliphatic rings. The zero-order valence-corrected chi connectivity index (χ0v) is 17.2. The van der Waals surface area contributed by atoms with Crippen LogP contribution in [0.2, 0.25) is 0 Å². The van der Waals surface area contributed by atoms with Crippen LogP contribution in [-0.4, -0.2) is 36.1 Å². The average molecular weight is 413 g/mol. The summed E-state index contributed by atoms with van der Waals surface area (Å²) < 4.78 is 15.8. The van der Waals surface area contributed by atoms with Gasteiger partial charge in [-0.25, -0.2) is 0 Å². The van der Waals surface area contributed by atoms with Crippen molar-refractivity contribution >= 4 is 23.7 Å². The van der Waals surface area contributed by atoms with Gasteiger partial charge in [0, 0.05) is 11.3 Å². The number of anilines is 1. The van der Waals surface area contributed by atoms with Gasteiger partial charge < -0.3 is 13.9 Å². The maximum Gasteiger partial charge on any atom is 0.322 e. The van der Waals surface area contributed by atoms with E-state index in [1.54, 1.807) is 26.0 Å². The van der Waals surface area contributed by atoms with Crippen molar-refractivity contribution < 1.29 is 18.7 Å². The zero-order valence-electron chi connectivity index (χ0n) is 16.4. The summed E-state index contributed by atoms with van der Waals surface area (Å²) in [5.41, 5.74) is 1.02. The summed E-state index contributed by atoms with van der Waals surface area (Å²) in [5.74, 6) is 2.77. The molecule has 0 atom stereocenters. The van der Waals surface area contributed by atoms with Crippen LogP contribution in [-0.2, 0) is 11.2 Å². The van der Waals surface area contributed by atoms with Crippen molar-refractivity contribution in [3.63, 3.8) is 0 Å². The van der Waals surface area contributed by atoms with E-state index in [2.05, 4.69) is 15.5 Å². The predicted molar refractivity (Wildman–Crippen MR) is 112 cm³/mol. The van der Waals surface area contributed by atoms with E-state index in [1.165, 1.54) is 0 Å². The summed E-state index contributed by atoms with van der Waals surface area (Å²) in [6, 6.07) is 15.6. The highest BCUT2D eigenvalue weighted by atomic mass is 32.2. The van der Waals surface area contributed by atoms with Gasteiger partial charge in [0.2, 0.25) is 11.8 Å². The molecular weight excluding hydrogens is 390 g/mol. The fourth-order valence-corrected chi connectivity index (χ4v) is 3.42. The average Bonchev–Trinajstić information content (AvgIpc) is 3.18. The molecule has 0 aliphatic heterocycles. The lowest BCUT2D eigenvalue weighted by Gasteiger charge is -2.03. The molecule has 1 N–H and O–H groups in total. The predicted octanol–water partition coefficient (Wildman–Crippen LogP) is 4.19. The first-order chi connectivity index (χ1) is 14.2. The standard InChI is InChI=1S/C21H23N3O4S/c1-26-16-7-5-15(6-8-16)14-20-23-24-21(28-20)22-19(25)4-3-13-29-18-11-9-17(27-2)10-12-18/h5-12H,3-4,13-14H2,1-2H3,(H,22,24,25). The fraction of sp³-hybridized carbons (Fsp3) is 0.286. The van der Waals surface area contributed by atoms with E-state index >= 15 is 0 Å². The summed E-state index contributed by atoms with van der Waals surface area (Å²) in [6.45, 7) is 0. The van der Waals surface area contributed by atoms with E-state index in [0.717, 1.165) is 34.1 Å². The first-order valence-electron chi connectivity index (χ1n) is 9.18. The molecule has 0 fully saturated rings. The monoisotopic (exact) mass is 413 g/mol. The smallest absolute Gasteiger partial charge is 0.322 e. The second kappa shape index (κ2) is 10.5. The number of methoxy groups -OCH3 is 2. The Kier molecular flexibility index (Phi) is 7.52. The minimum atomic E-state index is -0.139. The van der Waals surface area contributed by atoms with Gasteiger partial charge in [0.1, 0.15) is 11.5 Å². The molecule has 0 aliphatic carbocycles. The first kappa shape index (κ1) is 20.7. The van der Waals surface area contributed by atoms with E-state index in [9.17, 15) is 4.79 Å². The van der Waals surface area contributed by atoms with E-state index in [0.29, 0.717) is 18.7 Å². The number of rotatable bonds is 10. The molecule has 0 saturated carbocycles. The number of amides is 1. The van der Waals surface area contributed by atoms with E-state index in [4.69, 9.17) is 13.9 Å². The summed E-state index contributed by atoms with van der Waals surface area (Å²) in [6.07, 6.45) is 1.63. The number of ether oxygens (including phenoxy) is 2. The van der Waals surface area contributed by atoms with Crippen LogP contribution in [0.25, 0.3) is 0 Å². The third-order valence-corrected chi connectivity index (χ3v) is 5.20. The maximum atomic E-state index is 12.1. The molecule has 7 nitrogen and oxygen atoms in total. The second-order valence-electron chi connectivity index (χ2n) is 6.20. The molecule has 3 rings (SSSR count). The van der Waals surface area contributed by atoms with Crippen molar-refractivity contribution in [1.82, 2.24) is 10.2 Å². The Bertz CT molecular complexity index is 910. The molecule has 0 saturated heterocycles. The first-order valence-corrected chi connectivity index (χ1v) is 10.2. The van der Waals surface area contributed by atoms with Crippen LogP contribution in [0.4, 0.5) is 6.01 Å². The number of carbonyl (C=O) groups is 1. The van der Waals surface area contributed by atoms with Crippen LogP contribution < -0.4 is 14.8 Å². The van der Waals surface area contributed by atoms with Crippen LogP contribution >= 0.6 is 11.8 Å². The molecule has 1 heterocycles. The van der Waals surface area contributed by atoms with Gasteiger partial charge in [0.15, 0.2) is 0 Å². The van der Waals surface area contributed by atoms with Crippen molar-refractivity contribution in [2.75, 3.05) is 25.3 Å². The Morgan fingerprint density at radius 2 is 1.66 bits per heavy atom. The van der Waals surface area contributed by atoms with Crippen LogP contribution in [0, 0.1) is 0 Å². The Morgan fingerprint density at radius 3 is 2.31 bits per heavy atom. The third kappa shape index (κ3) is 6.53. The number of benzene rings is 2. The van der Waals surface area contributed by atoms with E-state index in [-0.39, 0.29) is 11.9 Å². The number of aromatic nitrogens is 2. The highest BCUT2D eigenvalue weighted by Crippen LogP contribution is 2.22. The number of hydrogen-bond acceptors (Lipinski definition) is 7. The lowest BCUT2D eigenvalue weighted by molar-refractivity contribution is -0.116. The normalized spacial score (nSPS) is 10.6. The lowest BCUT2D eigenvalue weighted by atomic mass is 10.1. The molecule has 0 bridgehead atoms. The Balaban J connectivity index is 1.38. The number of nitrogens with one attached hydrogen (secondary N) is 1. The van der Waals surface area contributed by atoms with Crippen LogP contribution in [0.3, 0.4) is 0 Å². The quantitative estimate of drug-likeness (QED) is 0.394. The van der Waals surface area contributed by atoms with Crippen molar-refractivity contribution in [2.45, 2.75) is 24.2 Å². The highest BCUT2D eigenvalue weighted by molar-refractivity contribution is 7.99. The Morgan fingerprint density at radius 1 is 1.00 bits per heavy atom. The van der Waals surface area contributed by atoms with Gasteiger partial charge in [-0.2, -0.15) is 0 Å². The van der Waals surface area contributed by atoms with Gasteiger partial charge in [-0.3, -0.25) is 10.1 Å². The summed E-state index contributed by atoms with van der Waals surface area (Å²) in [5, 5.41) is 10.5. The van der Waals surface area contributed by atoms with Gasteiger partial charge in [0.05, 0.1) is 20.6 Å². The molecular formula is C21H23N3O4S. The van der Waals surface area contributed by atoms with Crippen molar-refractivity contribution in [3.8, 4) is 11.5 Å². The zero-order chi connectivity index (χ0) is 20.5. The molecule has 1 amide bonds. The van der Waals surface area contributed by atoms with Crippen LogP contribution in [0.5, 0.6) is 11.5 Å². The minimum absolute atomic E-state index is 0.126. The fourth-order valence-electron chi connectivity index (χ4n) is 2.57. The molecule has 152 valence electrons. The second-order valence-corrected chi connectivity index (χ2v) is 7.37. The SMILES string of the molecule is COc1ccc(Cc2nnc(NC(=O)CCCSc3ccc(OC)cc3)o2)cc1. The molecule has 0 radical (unpaired) electrons. The summed E-state index contributed by atoms with van der Waals surface area (Å²) in [4.78, 5) is 13.2. The minimum Gasteiger partial charge on any atom is -0.497 e. The summed E-state index contributed by atoms with van der Waals surface area (Å²) >= 11 is 1.70. The van der Waals surface area contributed by atoms with Gasteiger partial charge in [0.25, 0.3) is 0 Å². The van der Waals surface area contributed by atoms with E-state index in [1.807, 2.05) is 48.5 Å². The highest BCUT2D eigenvalue weighted by Gasteiger charge is 2.10. The van der Waals surface area contributed by atoms with E-state index < -0.39 is 0 Å². The van der Waals surface area contributed by atoms with Gasteiger partial charge in [-0.15, -0.1) is 16.9 Å². The topological polar surface area (TPSA) is 86.5 Å². The summed E-state index contributed by atoms with van der Waals surface area (Å²) in [7, 11) is 3.27. The lowest BCUT2D eigenvalue weighted by Crippen LogP contribution is -2.11. The molecule has 8 heteroatoms. The molecule has 29 heavy (non-hydrogen) atoms. The molecule has 1 aromatic heterocycles. The van der Waals surface area contributed by atoms with Gasteiger partial charge >= 0.3 is 6.01 Å². The maximum absolute atomic E-state index is 12.1. The van der Waals surface area contributed by atoms with Crippen molar-refractivity contribution in [3.05, 3.63) is 60.0 Å². The van der Waals surface area contributed by atoms with Crippen LogP contribution in [0.15, 0.2) is 57.8 Å². The van der Waals surface area contributed by atoms with Crippen molar-refractivity contribution in [2.24, 2.45) is 0 Å². The number of carbonyl (C=O) groups excluding carboxylic acids is 1. The van der Waals surface area contributed by atoms with Gasteiger partial charge in [-0.1, -0.05) is 17.2 Å². The molecule has 0 spiro atoms. The van der Waals surface area contributed by atoms with Crippen molar-refractivity contribution in [1.29, 1.82) is 0 Å². The number of nitrogens with zero attached hydrogens (tertiary/aromatic N) is 2. The molecule has 0 unspecified atom stereocenters. The van der Waals surface area contributed by atoms with Crippen LogP contribution in [0.1, 0.15) is 24.3 Å². The molecule has 3 aromatic rings. The molecule has 2 aromatic carbocycles. The Hall–Kier alpha value is -3.00.